The molecule has 3 aromatic rings. The maximum atomic E-state index is 12.7. The molecule has 3 aromatic heterocycles. The fourth-order valence-electron chi connectivity index (χ4n) is 3.38. The summed E-state index contributed by atoms with van der Waals surface area (Å²) >= 11 is 1.74. The van der Waals surface area contributed by atoms with E-state index < -0.39 is 10.0 Å². The van der Waals surface area contributed by atoms with Gasteiger partial charge in [-0.25, -0.2) is 18.1 Å². The van der Waals surface area contributed by atoms with Crippen LogP contribution < -0.4 is 5.32 Å². The van der Waals surface area contributed by atoms with Gasteiger partial charge in [0.05, 0.1) is 5.69 Å². The molecule has 31 heavy (non-hydrogen) atoms. The monoisotopic (exact) mass is 460 g/mol. The van der Waals surface area contributed by atoms with Crippen molar-refractivity contribution in [3.05, 3.63) is 59.3 Å². The standard InChI is InChI=1S/C20H24N6O3S2/c1-14-9-15(2)26(24-14)19-4-3-16(11-22-19)12-23-20(27)18-10-17(13-21-18)31(28,29)25-5-7-30-8-6-25/h3-4,9-11,13,21H,5-8,12H2,1-2H3,(H,23,27). The van der Waals surface area contributed by atoms with Crippen LogP contribution in [0, 0.1) is 13.8 Å². The third kappa shape index (κ3) is 4.68. The third-order valence-corrected chi connectivity index (χ3v) is 7.82. The lowest BCUT2D eigenvalue weighted by Gasteiger charge is -2.24. The number of aromatic nitrogens is 4. The first-order valence-electron chi connectivity index (χ1n) is 9.88. The zero-order valence-electron chi connectivity index (χ0n) is 17.3. The van der Waals surface area contributed by atoms with Crippen LogP contribution in [0.15, 0.2) is 41.6 Å². The molecule has 1 aliphatic heterocycles. The number of carbonyl (C=O) groups excluding carboxylic acids is 1. The van der Waals surface area contributed by atoms with Crippen LogP contribution in [-0.4, -0.2) is 63.0 Å². The molecule has 4 heterocycles. The first kappa shape index (κ1) is 21.6. The number of rotatable bonds is 6. The van der Waals surface area contributed by atoms with Crippen LogP contribution >= 0.6 is 11.8 Å². The minimum atomic E-state index is -3.58. The Balaban J connectivity index is 1.39. The van der Waals surface area contributed by atoms with E-state index in [1.54, 1.807) is 22.6 Å². The van der Waals surface area contributed by atoms with Crippen molar-refractivity contribution in [2.24, 2.45) is 0 Å². The van der Waals surface area contributed by atoms with Gasteiger partial charge in [0.1, 0.15) is 10.6 Å². The zero-order valence-corrected chi connectivity index (χ0v) is 19.0. The van der Waals surface area contributed by atoms with Gasteiger partial charge in [-0.2, -0.15) is 21.2 Å². The summed E-state index contributed by atoms with van der Waals surface area (Å²) in [6, 6.07) is 7.08. The lowest BCUT2D eigenvalue weighted by molar-refractivity contribution is 0.0946. The summed E-state index contributed by atoms with van der Waals surface area (Å²) < 4.78 is 28.7. The van der Waals surface area contributed by atoms with Gasteiger partial charge >= 0.3 is 0 Å². The van der Waals surface area contributed by atoms with E-state index in [1.807, 2.05) is 32.0 Å². The molecule has 0 aromatic carbocycles. The summed E-state index contributed by atoms with van der Waals surface area (Å²) in [5.41, 5.74) is 2.94. The molecular weight excluding hydrogens is 436 g/mol. The molecule has 1 fully saturated rings. The number of sulfonamides is 1. The number of pyridine rings is 1. The fraction of sp³-hybridized carbons (Fsp3) is 0.350. The number of H-pyrrole nitrogens is 1. The van der Waals surface area contributed by atoms with E-state index in [0.29, 0.717) is 18.9 Å². The van der Waals surface area contributed by atoms with Gasteiger partial charge in [0, 0.05) is 49.2 Å². The van der Waals surface area contributed by atoms with E-state index >= 15 is 0 Å². The van der Waals surface area contributed by atoms with Gasteiger partial charge in [0.15, 0.2) is 5.82 Å². The van der Waals surface area contributed by atoms with Crippen molar-refractivity contribution in [3.8, 4) is 5.82 Å². The number of aromatic amines is 1. The number of amides is 1. The van der Waals surface area contributed by atoms with E-state index in [0.717, 1.165) is 28.5 Å². The molecule has 0 radical (unpaired) electrons. The molecule has 0 spiro atoms. The van der Waals surface area contributed by atoms with Gasteiger partial charge < -0.3 is 10.3 Å². The fourth-order valence-corrected chi connectivity index (χ4v) is 5.95. The summed E-state index contributed by atoms with van der Waals surface area (Å²) in [4.78, 5) is 19.8. The Morgan fingerprint density at radius 1 is 1.23 bits per heavy atom. The highest BCUT2D eigenvalue weighted by molar-refractivity contribution is 7.99. The quantitative estimate of drug-likeness (QED) is 0.581. The lowest BCUT2D eigenvalue weighted by atomic mass is 10.2. The summed E-state index contributed by atoms with van der Waals surface area (Å²) in [6.07, 6.45) is 3.06. The highest BCUT2D eigenvalue weighted by atomic mass is 32.2. The molecule has 1 aliphatic rings. The molecule has 2 N–H and O–H groups in total. The maximum Gasteiger partial charge on any atom is 0.268 e. The van der Waals surface area contributed by atoms with Crippen molar-refractivity contribution < 1.29 is 13.2 Å². The van der Waals surface area contributed by atoms with Gasteiger partial charge in [0.2, 0.25) is 10.0 Å². The first-order chi connectivity index (χ1) is 14.8. The van der Waals surface area contributed by atoms with Crippen LogP contribution in [0.4, 0.5) is 0 Å². The molecular formula is C20H24N6O3S2. The van der Waals surface area contributed by atoms with Gasteiger partial charge in [-0.15, -0.1) is 0 Å². The van der Waals surface area contributed by atoms with Crippen LogP contribution in [0.3, 0.4) is 0 Å². The van der Waals surface area contributed by atoms with Crippen LogP contribution in [0.1, 0.15) is 27.4 Å². The van der Waals surface area contributed by atoms with E-state index in [1.165, 1.54) is 16.6 Å². The van der Waals surface area contributed by atoms with Crippen molar-refractivity contribution in [2.75, 3.05) is 24.6 Å². The number of nitrogens with zero attached hydrogens (tertiary/aromatic N) is 4. The molecule has 11 heteroatoms. The number of nitrogens with one attached hydrogen (secondary N) is 2. The molecule has 0 unspecified atom stereocenters. The largest absolute Gasteiger partial charge is 0.356 e. The van der Waals surface area contributed by atoms with Crippen LogP contribution in [0.5, 0.6) is 0 Å². The van der Waals surface area contributed by atoms with Crippen molar-refractivity contribution in [2.45, 2.75) is 25.3 Å². The number of hydrogen-bond donors (Lipinski definition) is 2. The molecule has 0 aliphatic carbocycles. The Hall–Kier alpha value is -2.63. The topological polar surface area (TPSA) is 113 Å². The molecule has 9 nitrogen and oxygen atoms in total. The lowest BCUT2D eigenvalue weighted by Crippen LogP contribution is -2.37. The SMILES string of the molecule is Cc1cc(C)n(-c2ccc(CNC(=O)c3cc(S(=O)(=O)N4CCSCC4)c[nH]3)cn2)n1. The van der Waals surface area contributed by atoms with Crippen LogP contribution in [0.2, 0.25) is 0 Å². The maximum absolute atomic E-state index is 12.7. The zero-order chi connectivity index (χ0) is 22.0. The summed E-state index contributed by atoms with van der Waals surface area (Å²) in [7, 11) is -3.58. The summed E-state index contributed by atoms with van der Waals surface area (Å²) in [5.74, 6) is 1.89. The number of thioether (sulfide) groups is 1. The van der Waals surface area contributed by atoms with E-state index in [9.17, 15) is 13.2 Å². The molecule has 4 rings (SSSR count). The second-order valence-electron chi connectivity index (χ2n) is 7.31. The predicted octanol–water partition coefficient (Wildman–Crippen LogP) is 1.88. The average molecular weight is 461 g/mol. The number of hydrogen-bond acceptors (Lipinski definition) is 6. The minimum absolute atomic E-state index is 0.112. The Labute approximate surface area is 185 Å². The Kier molecular flexibility index (Phi) is 6.17. The van der Waals surface area contributed by atoms with E-state index in [-0.39, 0.29) is 23.0 Å². The molecule has 0 atom stereocenters. The normalized spacial score (nSPS) is 15.2. The molecule has 164 valence electrons. The first-order valence-corrected chi connectivity index (χ1v) is 12.5. The van der Waals surface area contributed by atoms with Gasteiger partial charge in [0.25, 0.3) is 5.91 Å². The van der Waals surface area contributed by atoms with Crippen molar-refractivity contribution in [1.82, 2.24) is 29.4 Å². The van der Waals surface area contributed by atoms with Gasteiger partial charge in [-0.05, 0) is 37.6 Å². The van der Waals surface area contributed by atoms with Crippen molar-refractivity contribution >= 4 is 27.7 Å². The molecule has 1 amide bonds. The van der Waals surface area contributed by atoms with Crippen LogP contribution in [-0.2, 0) is 16.6 Å². The highest BCUT2D eigenvalue weighted by Gasteiger charge is 2.27. The summed E-state index contributed by atoms with van der Waals surface area (Å²) in [5, 5.41) is 7.20. The Morgan fingerprint density at radius 3 is 2.65 bits per heavy atom. The molecule has 0 saturated carbocycles. The van der Waals surface area contributed by atoms with E-state index in [2.05, 4.69) is 20.4 Å². The van der Waals surface area contributed by atoms with Gasteiger partial charge in [-0.3, -0.25) is 4.79 Å². The minimum Gasteiger partial charge on any atom is -0.356 e. The predicted molar refractivity (Wildman–Crippen MR) is 119 cm³/mol. The number of carbonyl (C=O) groups is 1. The van der Waals surface area contributed by atoms with E-state index in [4.69, 9.17) is 0 Å². The Bertz CT molecular complexity index is 1180. The second kappa shape index (κ2) is 8.85. The van der Waals surface area contributed by atoms with Gasteiger partial charge in [-0.1, -0.05) is 6.07 Å². The van der Waals surface area contributed by atoms with Crippen LogP contribution in [0.25, 0.3) is 5.82 Å². The average Bonchev–Trinajstić information content (AvgIpc) is 3.40. The molecule has 1 saturated heterocycles. The third-order valence-electron chi connectivity index (χ3n) is 5.00. The molecule has 0 bridgehead atoms. The second-order valence-corrected chi connectivity index (χ2v) is 10.5. The van der Waals surface area contributed by atoms with Crippen molar-refractivity contribution in [3.63, 3.8) is 0 Å². The smallest absolute Gasteiger partial charge is 0.268 e. The number of aryl methyl sites for hydroxylation is 2. The Morgan fingerprint density at radius 2 is 2.00 bits per heavy atom. The highest BCUT2D eigenvalue weighted by Crippen LogP contribution is 2.21. The summed E-state index contributed by atoms with van der Waals surface area (Å²) in [6.45, 7) is 5.13. The van der Waals surface area contributed by atoms with Crippen molar-refractivity contribution in [1.29, 1.82) is 0 Å².